The van der Waals surface area contributed by atoms with Gasteiger partial charge in [0.25, 0.3) is 0 Å². The first-order valence-electron chi connectivity index (χ1n) is 7.43. The van der Waals surface area contributed by atoms with Crippen LogP contribution in [0.25, 0.3) is 0 Å². The summed E-state index contributed by atoms with van der Waals surface area (Å²) in [6, 6.07) is 4.84. The molecule has 1 unspecified atom stereocenters. The summed E-state index contributed by atoms with van der Waals surface area (Å²) in [7, 11) is 0. The van der Waals surface area contributed by atoms with Crippen LogP contribution in [0, 0.1) is 0 Å². The summed E-state index contributed by atoms with van der Waals surface area (Å²) in [5.74, 6) is 0.0209. The molecule has 0 fully saturated rings. The highest BCUT2D eigenvalue weighted by molar-refractivity contribution is 9.10. The molecule has 1 aromatic carbocycles. The first kappa shape index (κ1) is 20.6. The Morgan fingerprint density at radius 2 is 2.04 bits per heavy atom. The van der Waals surface area contributed by atoms with Crippen LogP contribution in [0.2, 0.25) is 5.02 Å². The highest BCUT2D eigenvalue weighted by Crippen LogP contribution is 2.31. The molecule has 6 nitrogen and oxygen atoms in total. The van der Waals surface area contributed by atoms with Gasteiger partial charge in [-0.05, 0) is 55.3 Å². The Hall–Kier alpha value is -1.47. The number of nitrogens with two attached hydrogens (primary N) is 1. The van der Waals surface area contributed by atoms with E-state index in [0.29, 0.717) is 21.7 Å². The van der Waals surface area contributed by atoms with E-state index in [9.17, 15) is 9.59 Å². The maximum Gasteiger partial charge on any atom is 0.407 e. The normalized spacial score (nSPS) is 12.4. The predicted octanol–water partition coefficient (Wildman–Crippen LogP) is 3.64. The average molecular weight is 422 g/mol. The molecule has 24 heavy (non-hydrogen) atoms. The Labute approximate surface area is 155 Å². The van der Waals surface area contributed by atoms with Crippen LogP contribution >= 0.6 is 27.5 Å². The third-order valence-electron chi connectivity index (χ3n) is 2.82. The van der Waals surface area contributed by atoms with Crippen molar-refractivity contribution in [2.24, 2.45) is 5.73 Å². The van der Waals surface area contributed by atoms with Crippen LogP contribution in [0.3, 0.4) is 0 Å². The molecule has 0 saturated carbocycles. The molecule has 0 radical (unpaired) electrons. The third kappa shape index (κ3) is 7.88. The molecule has 1 aromatic rings. The molecule has 0 aromatic heterocycles. The summed E-state index contributed by atoms with van der Waals surface area (Å²) in [5, 5.41) is 3.12. The quantitative estimate of drug-likeness (QED) is 0.703. The fourth-order valence-electron chi connectivity index (χ4n) is 1.77. The third-order valence-corrected chi connectivity index (χ3v) is 4.10. The van der Waals surface area contributed by atoms with Crippen molar-refractivity contribution in [1.29, 1.82) is 0 Å². The number of ether oxygens (including phenoxy) is 2. The van der Waals surface area contributed by atoms with E-state index in [1.165, 1.54) is 0 Å². The van der Waals surface area contributed by atoms with Gasteiger partial charge in [0.1, 0.15) is 18.0 Å². The maximum atomic E-state index is 11.9. The van der Waals surface area contributed by atoms with Crippen molar-refractivity contribution in [3.05, 3.63) is 27.7 Å². The lowest BCUT2D eigenvalue weighted by atomic mass is 10.1. The van der Waals surface area contributed by atoms with Crippen molar-refractivity contribution in [3.8, 4) is 5.75 Å². The van der Waals surface area contributed by atoms with Crippen molar-refractivity contribution >= 4 is 39.5 Å². The van der Waals surface area contributed by atoms with E-state index in [1.807, 2.05) is 0 Å². The molecule has 8 heteroatoms. The molecule has 2 amide bonds. The fraction of sp³-hybridized carbons (Fsp3) is 0.500. The fourth-order valence-corrected chi connectivity index (χ4v) is 2.30. The van der Waals surface area contributed by atoms with Crippen molar-refractivity contribution in [2.45, 2.75) is 45.3 Å². The molecule has 0 aliphatic rings. The smallest absolute Gasteiger partial charge is 0.407 e. The number of hydrogen-bond donors (Lipinski definition) is 2. The Morgan fingerprint density at radius 1 is 1.38 bits per heavy atom. The van der Waals surface area contributed by atoms with Gasteiger partial charge in [0.2, 0.25) is 5.91 Å². The van der Waals surface area contributed by atoms with Crippen LogP contribution in [-0.2, 0) is 9.53 Å². The number of primary amides is 1. The summed E-state index contributed by atoms with van der Waals surface area (Å²) < 4.78 is 11.6. The molecule has 0 heterocycles. The monoisotopic (exact) mass is 420 g/mol. The summed E-state index contributed by atoms with van der Waals surface area (Å²) >= 11 is 9.45. The molecule has 1 rings (SSSR count). The molecular weight excluding hydrogens is 400 g/mol. The zero-order valence-corrected chi connectivity index (χ0v) is 16.2. The SMILES string of the molecule is CC(C)(C)OC(=O)NC(CCC(N)=O)COc1cccc(Br)c1Cl. The van der Waals surface area contributed by atoms with Gasteiger partial charge in [-0.2, -0.15) is 0 Å². The Morgan fingerprint density at radius 3 is 2.62 bits per heavy atom. The maximum absolute atomic E-state index is 11.9. The van der Waals surface area contributed by atoms with E-state index in [1.54, 1.807) is 39.0 Å². The minimum absolute atomic E-state index is 0.121. The first-order valence-corrected chi connectivity index (χ1v) is 8.60. The summed E-state index contributed by atoms with van der Waals surface area (Å²) in [4.78, 5) is 22.9. The number of halogens is 2. The second-order valence-electron chi connectivity index (χ2n) is 6.21. The second kappa shape index (κ2) is 9.13. The number of rotatable bonds is 7. The largest absolute Gasteiger partial charge is 0.490 e. The molecular formula is C16H22BrClN2O4. The lowest BCUT2D eigenvalue weighted by Crippen LogP contribution is -2.42. The van der Waals surface area contributed by atoms with Crippen LogP contribution in [-0.4, -0.2) is 30.3 Å². The van der Waals surface area contributed by atoms with Crippen LogP contribution in [0.1, 0.15) is 33.6 Å². The van der Waals surface area contributed by atoms with E-state index in [0.717, 1.165) is 0 Å². The van der Waals surface area contributed by atoms with Crippen LogP contribution in [0.15, 0.2) is 22.7 Å². The number of alkyl carbamates (subject to hydrolysis) is 1. The molecule has 0 saturated heterocycles. The van der Waals surface area contributed by atoms with E-state index in [-0.39, 0.29) is 13.0 Å². The number of carbonyl (C=O) groups is 2. The molecule has 3 N–H and O–H groups in total. The Bertz CT molecular complexity index is 590. The van der Waals surface area contributed by atoms with E-state index in [4.69, 9.17) is 26.8 Å². The first-order chi connectivity index (χ1) is 11.1. The summed E-state index contributed by atoms with van der Waals surface area (Å²) in [5.41, 5.74) is 4.56. The Kier molecular flexibility index (Phi) is 7.83. The number of carbonyl (C=O) groups excluding carboxylic acids is 2. The van der Waals surface area contributed by atoms with E-state index in [2.05, 4.69) is 21.2 Å². The number of nitrogens with one attached hydrogen (secondary N) is 1. The number of benzene rings is 1. The van der Waals surface area contributed by atoms with Crippen LogP contribution in [0.5, 0.6) is 5.75 Å². The van der Waals surface area contributed by atoms with Gasteiger partial charge in [0.05, 0.1) is 11.1 Å². The van der Waals surface area contributed by atoms with Gasteiger partial charge in [-0.1, -0.05) is 17.7 Å². The highest BCUT2D eigenvalue weighted by atomic mass is 79.9. The Balaban J connectivity index is 2.69. The van der Waals surface area contributed by atoms with Gasteiger partial charge in [-0.25, -0.2) is 4.79 Å². The van der Waals surface area contributed by atoms with Crippen LogP contribution in [0.4, 0.5) is 4.79 Å². The van der Waals surface area contributed by atoms with Crippen LogP contribution < -0.4 is 15.8 Å². The molecule has 0 spiro atoms. The van der Waals surface area contributed by atoms with Gasteiger partial charge in [-0.15, -0.1) is 0 Å². The molecule has 134 valence electrons. The minimum Gasteiger partial charge on any atom is -0.490 e. The average Bonchev–Trinajstić information content (AvgIpc) is 2.43. The van der Waals surface area contributed by atoms with Gasteiger partial charge in [-0.3, -0.25) is 4.79 Å². The van der Waals surface area contributed by atoms with Crippen molar-refractivity contribution in [1.82, 2.24) is 5.32 Å². The number of amides is 2. The standard InChI is InChI=1S/C16H22BrClN2O4/c1-16(2,3)24-15(22)20-10(7-8-13(19)21)9-23-12-6-4-5-11(17)14(12)18/h4-6,10H,7-9H2,1-3H3,(H2,19,21)(H,20,22). The predicted molar refractivity (Wildman–Crippen MR) is 96.2 cm³/mol. The van der Waals surface area contributed by atoms with Gasteiger partial charge < -0.3 is 20.5 Å². The zero-order chi connectivity index (χ0) is 18.3. The second-order valence-corrected chi connectivity index (χ2v) is 7.44. The van der Waals surface area contributed by atoms with Gasteiger partial charge >= 0.3 is 6.09 Å². The lowest BCUT2D eigenvalue weighted by molar-refractivity contribution is -0.118. The topological polar surface area (TPSA) is 90.6 Å². The van der Waals surface area contributed by atoms with E-state index < -0.39 is 23.6 Å². The zero-order valence-electron chi connectivity index (χ0n) is 13.9. The summed E-state index contributed by atoms with van der Waals surface area (Å²) in [6.45, 7) is 5.43. The van der Waals surface area contributed by atoms with E-state index >= 15 is 0 Å². The highest BCUT2D eigenvalue weighted by Gasteiger charge is 2.20. The molecule has 0 aliphatic heterocycles. The minimum atomic E-state index is -0.618. The summed E-state index contributed by atoms with van der Waals surface area (Å²) in [6.07, 6.45) is -0.128. The van der Waals surface area contributed by atoms with Gasteiger partial charge in [0, 0.05) is 10.9 Å². The lowest BCUT2D eigenvalue weighted by Gasteiger charge is -2.24. The van der Waals surface area contributed by atoms with Crippen molar-refractivity contribution in [3.63, 3.8) is 0 Å². The number of hydrogen-bond acceptors (Lipinski definition) is 4. The van der Waals surface area contributed by atoms with Gasteiger partial charge in [0.15, 0.2) is 0 Å². The van der Waals surface area contributed by atoms with Crippen molar-refractivity contribution in [2.75, 3.05) is 6.61 Å². The molecule has 1 atom stereocenters. The molecule has 0 bridgehead atoms. The van der Waals surface area contributed by atoms with Crippen molar-refractivity contribution < 1.29 is 19.1 Å². The molecule has 0 aliphatic carbocycles.